The first-order valence-electron chi connectivity index (χ1n) is 6.08. The van der Waals surface area contributed by atoms with Gasteiger partial charge in [0.05, 0.1) is 6.54 Å². The van der Waals surface area contributed by atoms with Crippen LogP contribution in [0.3, 0.4) is 0 Å². The van der Waals surface area contributed by atoms with E-state index in [1.54, 1.807) is 11.9 Å². The summed E-state index contributed by atoms with van der Waals surface area (Å²) in [6.07, 6.45) is 1.03. The van der Waals surface area contributed by atoms with Crippen molar-refractivity contribution in [2.75, 3.05) is 37.4 Å². The highest BCUT2D eigenvalue weighted by Gasteiger charge is 2.09. The molecule has 0 aliphatic carbocycles. The van der Waals surface area contributed by atoms with E-state index in [1.165, 1.54) is 0 Å². The molecule has 6 heteroatoms. The van der Waals surface area contributed by atoms with Gasteiger partial charge < -0.3 is 15.5 Å². The van der Waals surface area contributed by atoms with E-state index in [0.29, 0.717) is 5.82 Å². The summed E-state index contributed by atoms with van der Waals surface area (Å²) < 4.78 is 0. The first-order valence-corrected chi connectivity index (χ1v) is 6.08. The molecule has 18 heavy (non-hydrogen) atoms. The number of carbonyl (C=O) groups excluding carboxylic acids is 1. The molecular formula is C12H21N5O. The van der Waals surface area contributed by atoms with Crippen LogP contribution in [0.1, 0.15) is 19.2 Å². The summed E-state index contributed by atoms with van der Waals surface area (Å²) in [7, 11) is 3.45. The molecule has 100 valence electrons. The zero-order valence-corrected chi connectivity index (χ0v) is 11.4. The number of likely N-dealkylation sites (N-methyl/N-ethyl adjacent to an activating group) is 2. The zero-order chi connectivity index (χ0) is 13.5. The zero-order valence-electron chi connectivity index (χ0n) is 11.4. The van der Waals surface area contributed by atoms with Crippen molar-refractivity contribution in [3.05, 3.63) is 11.9 Å². The molecule has 0 aliphatic rings. The fraction of sp³-hybridized carbons (Fsp3) is 0.583. The summed E-state index contributed by atoms with van der Waals surface area (Å²) in [6.45, 7) is 5.09. The van der Waals surface area contributed by atoms with E-state index in [4.69, 9.17) is 0 Å². The Morgan fingerprint density at radius 3 is 2.78 bits per heavy atom. The summed E-state index contributed by atoms with van der Waals surface area (Å²) in [5.41, 5.74) is 0. The lowest BCUT2D eigenvalue weighted by Gasteiger charge is -2.18. The Morgan fingerprint density at radius 2 is 2.17 bits per heavy atom. The number of nitrogens with zero attached hydrogens (tertiary/aromatic N) is 3. The predicted octanol–water partition coefficient (Wildman–Crippen LogP) is 0.789. The van der Waals surface area contributed by atoms with Crippen molar-refractivity contribution in [2.24, 2.45) is 0 Å². The van der Waals surface area contributed by atoms with E-state index in [1.807, 2.05) is 20.0 Å². The van der Waals surface area contributed by atoms with Crippen molar-refractivity contribution in [3.63, 3.8) is 0 Å². The van der Waals surface area contributed by atoms with Crippen LogP contribution in [0, 0.1) is 6.92 Å². The molecule has 1 heterocycles. The predicted molar refractivity (Wildman–Crippen MR) is 72.9 cm³/mol. The van der Waals surface area contributed by atoms with Crippen LogP contribution in [-0.4, -0.2) is 43.1 Å². The molecule has 6 nitrogen and oxygen atoms in total. The number of anilines is 2. The van der Waals surface area contributed by atoms with E-state index in [0.717, 1.165) is 24.6 Å². The number of hydrogen-bond acceptors (Lipinski definition) is 5. The van der Waals surface area contributed by atoms with E-state index < -0.39 is 0 Å². The molecule has 0 bridgehead atoms. The van der Waals surface area contributed by atoms with Gasteiger partial charge in [-0.15, -0.1) is 0 Å². The van der Waals surface area contributed by atoms with Gasteiger partial charge >= 0.3 is 0 Å². The van der Waals surface area contributed by atoms with Gasteiger partial charge in [0.1, 0.15) is 17.5 Å². The Morgan fingerprint density at radius 1 is 1.44 bits per heavy atom. The maximum atomic E-state index is 11.3. The van der Waals surface area contributed by atoms with Gasteiger partial charge in [0.2, 0.25) is 5.91 Å². The van der Waals surface area contributed by atoms with Crippen LogP contribution in [0.15, 0.2) is 6.07 Å². The van der Waals surface area contributed by atoms with Gasteiger partial charge in [-0.3, -0.25) is 4.79 Å². The maximum absolute atomic E-state index is 11.3. The first kappa shape index (κ1) is 14.2. The molecule has 0 spiro atoms. The van der Waals surface area contributed by atoms with Crippen molar-refractivity contribution >= 4 is 17.5 Å². The third-order valence-electron chi connectivity index (χ3n) is 2.43. The lowest BCUT2D eigenvalue weighted by molar-refractivity contribution is -0.119. The molecule has 0 radical (unpaired) electrons. The van der Waals surface area contributed by atoms with Gasteiger partial charge in [-0.1, -0.05) is 6.92 Å². The summed E-state index contributed by atoms with van der Waals surface area (Å²) in [4.78, 5) is 21.7. The van der Waals surface area contributed by atoms with Gasteiger partial charge in [-0.2, -0.15) is 0 Å². The molecule has 0 atom stereocenters. The molecule has 0 saturated heterocycles. The van der Waals surface area contributed by atoms with Crippen LogP contribution in [0.2, 0.25) is 0 Å². The third kappa shape index (κ3) is 4.20. The minimum atomic E-state index is -0.0446. The highest BCUT2D eigenvalue weighted by Crippen LogP contribution is 2.14. The van der Waals surface area contributed by atoms with Gasteiger partial charge in [0.15, 0.2) is 0 Å². The second kappa shape index (κ2) is 6.78. The standard InChI is InChI=1S/C12H21N5O/c1-5-6-14-10-7-11(16-9(2)15-10)17(4)8-12(18)13-3/h7H,5-6,8H2,1-4H3,(H,13,18)(H,14,15,16). The van der Waals surface area contributed by atoms with E-state index in [9.17, 15) is 4.79 Å². The quantitative estimate of drug-likeness (QED) is 0.782. The van der Waals surface area contributed by atoms with Crippen LogP contribution in [0.5, 0.6) is 0 Å². The van der Waals surface area contributed by atoms with Crippen LogP contribution in [-0.2, 0) is 4.79 Å². The molecule has 0 aromatic carbocycles. The average molecular weight is 251 g/mol. The van der Waals surface area contributed by atoms with Gasteiger partial charge in [-0.05, 0) is 13.3 Å². The summed E-state index contributed by atoms with van der Waals surface area (Å²) in [6, 6.07) is 1.85. The van der Waals surface area contributed by atoms with Gasteiger partial charge in [0, 0.05) is 26.7 Å². The van der Waals surface area contributed by atoms with E-state index >= 15 is 0 Å². The van der Waals surface area contributed by atoms with Crippen molar-refractivity contribution < 1.29 is 4.79 Å². The number of hydrogen-bond donors (Lipinski definition) is 2. The van der Waals surface area contributed by atoms with Crippen LogP contribution >= 0.6 is 0 Å². The molecular weight excluding hydrogens is 230 g/mol. The second-order valence-electron chi connectivity index (χ2n) is 4.11. The van der Waals surface area contributed by atoms with E-state index in [-0.39, 0.29) is 12.5 Å². The Balaban J connectivity index is 2.80. The monoisotopic (exact) mass is 251 g/mol. The minimum absolute atomic E-state index is 0.0446. The molecule has 0 aliphatic heterocycles. The maximum Gasteiger partial charge on any atom is 0.239 e. The Kier molecular flexibility index (Phi) is 5.35. The average Bonchev–Trinajstić information content (AvgIpc) is 2.35. The SMILES string of the molecule is CCCNc1cc(N(C)CC(=O)NC)nc(C)n1. The number of aryl methyl sites for hydroxylation is 1. The van der Waals surface area contributed by atoms with Crippen molar-refractivity contribution in [1.82, 2.24) is 15.3 Å². The lowest BCUT2D eigenvalue weighted by Crippen LogP contribution is -2.33. The van der Waals surface area contributed by atoms with E-state index in [2.05, 4.69) is 27.5 Å². The highest BCUT2D eigenvalue weighted by molar-refractivity contribution is 5.80. The normalized spacial score (nSPS) is 10.0. The largest absolute Gasteiger partial charge is 0.370 e. The Labute approximate surface area is 108 Å². The fourth-order valence-corrected chi connectivity index (χ4v) is 1.47. The molecule has 1 aromatic heterocycles. The molecule has 0 fully saturated rings. The molecule has 2 N–H and O–H groups in total. The van der Waals surface area contributed by atoms with Crippen molar-refractivity contribution in [2.45, 2.75) is 20.3 Å². The number of aromatic nitrogens is 2. The highest BCUT2D eigenvalue weighted by atomic mass is 16.1. The fourth-order valence-electron chi connectivity index (χ4n) is 1.47. The summed E-state index contributed by atoms with van der Waals surface area (Å²) >= 11 is 0. The van der Waals surface area contributed by atoms with Crippen LogP contribution in [0.25, 0.3) is 0 Å². The second-order valence-corrected chi connectivity index (χ2v) is 4.11. The minimum Gasteiger partial charge on any atom is -0.370 e. The summed E-state index contributed by atoms with van der Waals surface area (Å²) in [5.74, 6) is 2.18. The van der Waals surface area contributed by atoms with Gasteiger partial charge in [0.25, 0.3) is 0 Å². The van der Waals surface area contributed by atoms with Crippen molar-refractivity contribution in [3.8, 4) is 0 Å². The number of nitrogens with one attached hydrogen (secondary N) is 2. The number of rotatable bonds is 6. The van der Waals surface area contributed by atoms with Crippen LogP contribution in [0.4, 0.5) is 11.6 Å². The van der Waals surface area contributed by atoms with Gasteiger partial charge in [-0.25, -0.2) is 9.97 Å². The smallest absolute Gasteiger partial charge is 0.239 e. The molecule has 0 unspecified atom stereocenters. The number of carbonyl (C=O) groups is 1. The molecule has 1 amide bonds. The lowest BCUT2D eigenvalue weighted by atomic mass is 10.4. The molecule has 1 aromatic rings. The Hall–Kier alpha value is -1.85. The molecule has 0 saturated carbocycles. The molecule has 1 rings (SSSR count). The summed E-state index contributed by atoms with van der Waals surface area (Å²) in [5, 5.41) is 5.81. The topological polar surface area (TPSA) is 70.2 Å². The Bertz CT molecular complexity index is 407. The number of amides is 1. The first-order chi connectivity index (χ1) is 8.56. The van der Waals surface area contributed by atoms with Crippen molar-refractivity contribution in [1.29, 1.82) is 0 Å². The van der Waals surface area contributed by atoms with Crippen LogP contribution < -0.4 is 15.5 Å². The third-order valence-corrected chi connectivity index (χ3v) is 2.43.